The van der Waals surface area contributed by atoms with Gasteiger partial charge in [0.2, 0.25) is 0 Å². The van der Waals surface area contributed by atoms with E-state index in [1.54, 1.807) is 34.4 Å². The van der Waals surface area contributed by atoms with Crippen molar-refractivity contribution in [3.05, 3.63) is 52.8 Å². The Morgan fingerprint density at radius 2 is 1.68 bits per heavy atom. The van der Waals surface area contributed by atoms with Crippen LogP contribution in [0.3, 0.4) is 0 Å². The van der Waals surface area contributed by atoms with E-state index in [4.69, 9.17) is 14.2 Å². The minimum atomic E-state index is -0.214. The molecule has 2 N–H and O–H groups in total. The number of hydrogen-bond acceptors (Lipinski definition) is 4. The van der Waals surface area contributed by atoms with Crippen molar-refractivity contribution in [2.45, 2.75) is 19.9 Å². The normalized spacial score (nSPS) is 11.1. The molecule has 0 saturated heterocycles. The summed E-state index contributed by atoms with van der Waals surface area (Å²) in [6.07, 6.45) is 0.766. The van der Waals surface area contributed by atoms with Gasteiger partial charge in [-0.3, -0.25) is 4.99 Å². The average molecular weight is 389 g/mol. The second kappa shape index (κ2) is 10.4. The summed E-state index contributed by atoms with van der Waals surface area (Å²) in [5.74, 6) is 2.44. The Kier molecular flexibility index (Phi) is 7.92. The molecular weight excluding hydrogens is 361 g/mol. The minimum absolute atomic E-state index is 0.214. The first-order chi connectivity index (χ1) is 13.5. The number of nitrogens with one attached hydrogen (secondary N) is 2. The predicted molar refractivity (Wildman–Crippen MR) is 109 cm³/mol. The van der Waals surface area contributed by atoms with Gasteiger partial charge in [-0.2, -0.15) is 0 Å². The van der Waals surface area contributed by atoms with Crippen LogP contribution in [0.5, 0.6) is 17.2 Å². The van der Waals surface area contributed by atoms with E-state index in [1.165, 1.54) is 6.07 Å². The number of hydrogen-bond donors (Lipinski definition) is 2. The number of methoxy groups -OCH3 is 3. The highest BCUT2D eigenvalue weighted by molar-refractivity contribution is 5.79. The molecule has 0 aliphatic heterocycles. The van der Waals surface area contributed by atoms with Crippen LogP contribution in [-0.4, -0.2) is 40.9 Å². The number of nitrogens with zero attached hydrogens (tertiary/aromatic N) is 1. The molecule has 0 atom stereocenters. The smallest absolute Gasteiger partial charge is 0.191 e. The SMILES string of the molecule is CN=C(NCCc1ccc(F)cc1C)NCc1c(OC)cc(OC)cc1OC. The lowest BCUT2D eigenvalue weighted by Gasteiger charge is -2.17. The van der Waals surface area contributed by atoms with Crippen molar-refractivity contribution in [1.29, 1.82) is 0 Å². The first kappa shape index (κ1) is 21.3. The summed E-state index contributed by atoms with van der Waals surface area (Å²) in [5, 5.41) is 6.53. The van der Waals surface area contributed by atoms with E-state index < -0.39 is 0 Å². The first-order valence-corrected chi connectivity index (χ1v) is 9.00. The van der Waals surface area contributed by atoms with E-state index in [-0.39, 0.29) is 5.82 Å². The maximum absolute atomic E-state index is 13.2. The molecule has 0 amide bonds. The van der Waals surface area contributed by atoms with Gasteiger partial charge in [0.05, 0.1) is 33.4 Å². The summed E-state index contributed by atoms with van der Waals surface area (Å²) in [7, 11) is 6.52. The van der Waals surface area contributed by atoms with Gasteiger partial charge in [0.25, 0.3) is 0 Å². The molecule has 152 valence electrons. The van der Waals surface area contributed by atoms with Crippen LogP contribution in [0.4, 0.5) is 4.39 Å². The van der Waals surface area contributed by atoms with Gasteiger partial charge in [0.15, 0.2) is 5.96 Å². The van der Waals surface area contributed by atoms with Gasteiger partial charge >= 0.3 is 0 Å². The molecule has 7 heteroatoms. The fraction of sp³-hybridized carbons (Fsp3) is 0.381. The number of aliphatic imine (C=N–C) groups is 1. The van der Waals surface area contributed by atoms with Crippen molar-refractivity contribution < 1.29 is 18.6 Å². The average Bonchev–Trinajstić information content (AvgIpc) is 2.71. The fourth-order valence-electron chi connectivity index (χ4n) is 2.90. The molecule has 0 aliphatic rings. The molecule has 0 aliphatic carbocycles. The molecule has 0 aromatic heterocycles. The summed E-state index contributed by atoms with van der Waals surface area (Å²) in [5.41, 5.74) is 2.91. The summed E-state index contributed by atoms with van der Waals surface area (Å²) < 4.78 is 29.4. The zero-order valence-corrected chi connectivity index (χ0v) is 17.1. The quantitative estimate of drug-likeness (QED) is 0.537. The minimum Gasteiger partial charge on any atom is -0.496 e. The first-order valence-electron chi connectivity index (χ1n) is 9.00. The lowest BCUT2D eigenvalue weighted by atomic mass is 10.1. The molecule has 0 saturated carbocycles. The lowest BCUT2D eigenvalue weighted by Crippen LogP contribution is -2.38. The summed E-state index contributed by atoms with van der Waals surface area (Å²) >= 11 is 0. The molecular formula is C21H28FN3O3. The largest absolute Gasteiger partial charge is 0.496 e. The molecule has 28 heavy (non-hydrogen) atoms. The molecule has 0 unspecified atom stereocenters. The monoisotopic (exact) mass is 389 g/mol. The van der Waals surface area contributed by atoms with Crippen molar-refractivity contribution in [2.75, 3.05) is 34.9 Å². The number of rotatable bonds is 8. The molecule has 0 heterocycles. The predicted octanol–water partition coefficient (Wildman–Crippen LogP) is 3.07. The van der Waals surface area contributed by atoms with E-state index in [0.29, 0.717) is 36.3 Å². The zero-order valence-electron chi connectivity index (χ0n) is 17.1. The Balaban J connectivity index is 1.98. The van der Waals surface area contributed by atoms with E-state index in [1.807, 2.05) is 25.1 Å². The Morgan fingerprint density at radius 1 is 1.00 bits per heavy atom. The Morgan fingerprint density at radius 3 is 2.21 bits per heavy atom. The number of aryl methyl sites for hydroxylation is 1. The maximum atomic E-state index is 13.2. The summed E-state index contributed by atoms with van der Waals surface area (Å²) in [6, 6.07) is 8.47. The van der Waals surface area contributed by atoms with Crippen LogP contribution in [0.15, 0.2) is 35.3 Å². The van der Waals surface area contributed by atoms with Gasteiger partial charge < -0.3 is 24.8 Å². The molecule has 2 aromatic carbocycles. The third kappa shape index (κ3) is 5.52. The molecule has 6 nitrogen and oxygen atoms in total. The van der Waals surface area contributed by atoms with Crippen LogP contribution < -0.4 is 24.8 Å². The number of guanidine groups is 1. The Bertz CT molecular complexity index is 800. The topological polar surface area (TPSA) is 64.1 Å². The molecule has 0 fully saturated rings. The zero-order chi connectivity index (χ0) is 20.5. The van der Waals surface area contributed by atoms with Crippen molar-refractivity contribution in [3.8, 4) is 17.2 Å². The van der Waals surface area contributed by atoms with Crippen LogP contribution >= 0.6 is 0 Å². The Hall–Kier alpha value is -2.96. The van der Waals surface area contributed by atoms with Crippen molar-refractivity contribution in [3.63, 3.8) is 0 Å². The van der Waals surface area contributed by atoms with Crippen molar-refractivity contribution in [1.82, 2.24) is 10.6 Å². The molecule has 0 bridgehead atoms. The number of benzene rings is 2. The Labute approximate surface area is 165 Å². The van der Waals surface area contributed by atoms with Gasteiger partial charge in [-0.25, -0.2) is 4.39 Å². The van der Waals surface area contributed by atoms with Crippen molar-refractivity contribution >= 4 is 5.96 Å². The van der Waals surface area contributed by atoms with Crippen LogP contribution in [0.2, 0.25) is 0 Å². The van der Waals surface area contributed by atoms with Crippen LogP contribution in [0.25, 0.3) is 0 Å². The summed E-state index contributed by atoms with van der Waals surface area (Å²) in [4.78, 5) is 4.24. The standard InChI is InChI=1S/C21H28FN3O3/c1-14-10-16(22)7-6-15(14)8-9-24-21(23-2)25-13-18-19(27-4)11-17(26-3)12-20(18)28-5/h6-7,10-12H,8-9,13H2,1-5H3,(H2,23,24,25). The second-order valence-electron chi connectivity index (χ2n) is 6.18. The van der Waals surface area contributed by atoms with Crippen LogP contribution in [-0.2, 0) is 13.0 Å². The van der Waals surface area contributed by atoms with Gasteiger partial charge in [-0.1, -0.05) is 6.07 Å². The maximum Gasteiger partial charge on any atom is 0.191 e. The van der Waals surface area contributed by atoms with E-state index >= 15 is 0 Å². The van der Waals surface area contributed by atoms with Crippen LogP contribution in [0, 0.1) is 12.7 Å². The highest BCUT2D eigenvalue weighted by Gasteiger charge is 2.13. The van der Waals surface area contributed by atoms with Gasteiger partial charge in [0, 0.05) is 25.7 Å². The van der Waals surface area contributed by atoms with Gasteiger partial charge in [0.1, 0.15) is 23.1 Å². The molecule has 2 aromatic rings. The number of ether oxygens (including phenoxy) is 3. The second-order valence-corrected chi connectivity index (χ2v) is 6.18. The lowest BCUT2D eigenvalue weighted by molar-refractivity contribution is 0.368. The highest BCUT2D eigenvalue weighted by Crippen LogP contribution is 2.33. The van der Waals surface area contributed by atoms with Crippen molar-refractivity contribution in [2.24, 2.45) is 4.99 Å². The molecule has 2 rings (SSSR count). The molecule has 0 spiro atoms. The molecule has 0 radical (unpaired) electrons. The summed E-state index contributed by atoms with van der Waals surface area (Å²) in [6.45, 7) is 3.04. The van der Waals surface area contributed by atoms with Gasteiger partial charge in [-0.05, 0) is 36.6 Å². The van der Waals surface area contributed by atoms with E-state index in [2.05, 4.69) is 15.6 Å². The highest BCUT2D eigenvalue weighted by atomic mass is 19.1. The number of halogens is 1. The van der Waals surface area contributed by atoms with E-state index in [9.17, 15) is 4.39 Å². The third-order valence-corrected chi connectivity index (χ3v) is 4.46. The fourth-order valence-corrected chi connectivity index (χ4v) is 2.90. The van der Waals surface area contributed by atoms with Gasteiger partial charge in [-0.15, -0.1) is 0 Å². The third-order valence-electron chi connectivity index (χ3n) is 4.46. The van der Waals surface area contributed by atoms with E-state index in [0.717, 1.165) is 23.1 Å². The van der Waals surface area contributed by atoms with Crippen LogP contribution in [0.1, 0.15) is 16.7 Å².